The van der Waals surface area contributed by atoms with Crippen LogP contribution in [0.4, 0.5) is 0 Å². The molecule has 0 saturated carbocycles. The van der Waals surface area contributed by atoms with Gasteiger partial charge in [-0.25, -0.2) is 8.42 Å². The van der Waals surface area contributed by atoms with Crippen molar-refractivity contribution in [2.75, 3.05) is 0 Å². The molecule has 26 heavy (non-hydrogen) atoms. The van der Waals surface area contributed by atoms with Crippen molar-refractivity contribution in [1.29, 1.82) is 0 Å². The van der Waals surface area contributed by atoms with E-state index in [0.29, 0.717) is 20.4 Å². The predicted molar refractivity (Wildman–Crippen MR) is 107 cm³/mol. The molecule has 1 aliphatic rings. The van der Waals surface area contributed by atoms with Crippen molar-refractivity contribution < 1.29 is 13.2 Å². The molecule has 0 saturated heterocycles. The van der Waals surface area contributed by atoms with Crippen molar-refractivity contribution >= 4 is 41.9 Å². The number of nitrogens with one attached hydrogen (secondary N) is 1. The van der Waals surface area contributed by atoms with Gasteiger partial charge in [0.25, 0.3) is 0 Å². The molecule has 0 spiro atoms. The average molecular weight is 495 g/mol. The Balaban J connectivity index is 1.82. The second-order valence-corrected chi connectivity index (χ2v) is 9.26. The molecule has 132 valence electrons. The van der Waals surface area contributed by atoms with Crippen molar-refractivity contribution in [3.63, 3.8) is 0 Å². The third-order valence-electron chi connectivity index (χ3n) is 4.14. The summed E-state index contributed by atoms with van der Waals surface area (Å²) >= 11 is 6.66. The van der Waals surface area contributed by atoms with Crippen LogP contribution in [0, 0.1) is 0 Å². The van der Waals surface area contributed by atoms with Crippen LogP contribution < -0.4 is 9.46 Å². The molecule has 4 rings (SSSR count). The van der Waals surface area contributed by atoms with Gasteiger partial charge in [-0.05, 0) is 46.3 Å². The lowest BCUT2D eigenvalue weighted by Crippen LogP contribution is -2.31. The SMILES string of the molecule is O=S(=O)(NC1c2ccccc2Oc2ccccc21)c1cc(Br)ccc1Br. The average Bonchev–Trinajstić information content (AvgIpc) is 2.63. The molecule has 0 atom stereocenters. The minimum absolute atomic E-state index is 0.174. The Labute approximate surface area is 168 Å². The quantitative estimate of drug-likeness (QED) is 0.531. The van der Waals surface area contributed by atoms with E-state index in [-0.39, 0.29) is 4.90 Å². The molecule has 0 radical (unpaired) electrons. The summed E-state index contributed by atoms with van der Waals surface area (Å²) in [4.78, 5) is 0.174. The minimum atomic E-state index is -3.78. The Morgan fingerprint density at radius 1 is 0.846 bits per heavy atom. The molecule has 7 heteroatoms. The van der Waals surface area contributed by atoms with E-state index in [1.807, 2.05) is 48.5 Å². The molecule has 0 bridgehead atoms. The Morgan fingerprint density at radius 3 is 2.04 bits per heavy atom. The van der Waals surface area contributed by atoms with Gasteiger partial charge in [-0.3, -0.25) is 0 Å². The summed E-state index contributed by atoms with van der Waals surface area (Å²) < 4.78 is 36.1. The fourth-order valence-electron chi connectivity index (χ4n) is 2.94. The molecule has 3 aromatic rings. The lowest BCUT2D eigenvalue weighted by Gasteiger charge is -2.28. The lowest BCUT2D eigenvalue weighted by molar-refractivity contribution is 0.440. The molecule has 1 aliphatic heterocycles. The summed E-state index contributed by atoms with van der Waals surface area (Å²) in [6.07, 6.45) is 0. The van der Waals surface area contributed by atoms with Crippen molar-refractivity contribution in [1.82, 2.24) is 4.72 Å². The highest BCUT2D eigenvalue weighted by atomic mass is 79.9. The molecule has 0 amide bonds. The van der Waals surface area contributed by atoms with E-state index in [0.717, 1.165) is 11.1 Å². The molecule has 1 heterocycles. The van der Waals surface area contributed by atoms with Crippen LogP contribution in [0.1, 0.15) is 17.2 Å². The first kappa shape index (κ1) is 17.7. The van der Waals surface area contributed by atoms with Crippen molar-refractivity contribution in [2.24, 2.45) is 0 Å². The first-order valence-electron chi connectivity index (χ1n) is 7.79. The summed E-state index contributed by atoms with van der Waals surface area (Å²) in [7, 11) is -3.78. The minimum Gasteiger partial charge on any atom is -0.457 e. The van der Waals surface area contributed by atoms with Crippen LogP contribution in [0.15, 0.2) is 80.6 Å². The van der Waals surface area contributed by atoms with Crippen molar-refractivity contribution in [3.05, 3.63) is 86.8 Å². The van der Waals surface area contributed by atoms with Crippen LogP contribution in [0.2, 0.25) is 0 Å². The lowest BCUT2D eigenvalue weighted by atomic mass is 9.95. The number of benzene rings is 3. The largest absolute Gasteiger partial charge is 0.457 e. The number of hydrogen-bond acceptors (Lipinski definition) is 3. The van der Waals surface area contributed by atoms with E-state index in [1.54, 1.807) is 18.2 Å². The Hall–Kier alpha value is -1.67. The number of halogens is 2. The third kappa shape index (κ3) is 3.20. The highest BCUT2D eigenvalue weighted by Gasteiger charge is 2.31. The van der Waals surface area contributed by atoms with E-state index >= 15 is 0 Å². The molecule has 0 unspecified atom stereocenters. The number of fused-ring (bicyclic) bond motifs is 2. The highest BCUT2D eigenvalue weighted by Crippen LogP contribution is 2.43. The zero-order chi connectivity index (χ0) is 18.3. The maximum absolute atomic E-state index is 13.1. The third-order valence-corrected chi connectivity index (χ3v) is 7.05. The van der Waals surface area contributed by atoms with Gasteiger partial charge < -0.3 is 4.74 Å². The van der Waals surface area contributed by atoms with Crippen LogP contribution in [-0.2, 0) is 10.0 Å². The summed E-state index contributed by atoms with van der Waals surface area (Å²) in [6.45, 7) is 0. The summed E-state index contributed by atoms with van der Waals surface area (Å²) in [5.74, 6) is 1.29. The van der Waals surface area contributed by atoms with Gasteiger partial charge >= 0.3 is 0 Å². The summed E-state index contributed by atoms with van der Waals surface area (Å²) in [6, 6.07) is 19.4. The molecule has 0 aliphatic carbocycles. The first-order valence-corrected chi connectivity index (χ1v) is 10.9. The molecule has 3 aromatic carbocycles. The fourth-order valence-corrected chi connectivity index (χ4v) is 5.64. The fraction of sp³-hybridized carbons (Fsp3) is 0.0526. The molecule has 0 aromatic heterocycles. The molecular weight excluding hydrogens is 482 g/mol. The van der Waals surface area contributed by atoms with E-state index in [2.05, 4.69) is 36.6 Å². The molecule has 4 nitrogen and oxygen atoms in total. The predicted octanol–water partition coefficient (Wildman–Crippen LogP) is 5.39. The smallest absolute Gasteiger partial charge is 0.242 e. The number of ether oxygens (including phenoxy) is 1. The molecule has 1 N–H and O–H groups in total. The number of rotatable bonds is 3. The zero-order valence-electron chi connectivity index (χ0n) is 13.3. The number of hydrogen-bond donors (Lipinski definition) is 1. The standard InChI is InChI=1S/C19H13Br2NO3S/c20-12-9-10-15(21)18(11-12)26(23,24)22-19-13-5-1-3-7-16(13)25-17-8-4-2-6-14(17)19/h1-11,19,22H. The van der Waals surface area contributed by atoms with E-state index in [4.69, 9.17) is 4.74 Å². The van der Waals surface area contributed by atoms with E-state index < -0.39 is 16.1 Å². The zero-order valence-corrected chi connectivity index (χ0v) is 17.3. The molecular formula is C19H13Br2NO3S. The van der Waals surface area contributed by atoms with Crippen LogP contribution in [0.25, 0.3) is 0 Å². The second-order valence-electron chi connectivity index (χ2n) is 5.81. The monoisotopic (exact) mass is 493 g/mol. The Kier molecular flexibility index (Phi) is 4.64. The van der Waals surface area contributed by atoms with Crippen LogP contribution >= 0.6 is 31.9 Å². The Morgan fingerprint density at radius 2 is 1.42 bits per heavy atom. The summed E-state index contributed by atoms with van der Waals surface area (Å²) in [5.41, 5.74) is 1.56. The van der Waals surface area contributed by atoms with Gasteiger partial charge in [-0.2, -0.15) is 4.72 Å². The van der Waals surface area contributed by atoms with Crippen molar-refractivity contribution in [2.45, 2.75) is 10.9 Å². The van der Waals surface area contributed by atoms with Gasteiger partial charge in [0, 0.05) is 20.1 Å². The normalized spacial score (nSPS) is 13.6. The van der Waals surface area contributed by atoms with Gasteiger partial charge in [0.05, 0.1) is 10.9 Å². The van der Waals surface area contributed by atoms with Crippen molar-refractivity contribution in [3.8, 4) is 11.5 Å². The van der Waals surface area contributed by atoms with Gasteiger partial charge in [-0.15, -0.1) is 0 Å². The first-order chi connectivity index (χ1) is 12.5. The Bertz CT molecular complexity index is 1050. The van der Waals surface area contributed by atoms with Crippen LogP contribution in [0.3, 0.4) is 0 Å². The van der Waals surface area contributed by atoms with Gasteiger partial charge in [0.15, 0.2) is 0 Å². The van der Waals surface area contributed by atoms with Gasteiger partial charge in [0.2, 0.25) is 10.0 Å². The maximum atomic E-state index is 13.1. The van der Waals surface area contributed by atoms with E-state index in [1.165, 1.54) is 0 Å². The number of sulfonamides is 1. The molecule has 0 fully saturated rings. The number of para-hydroxylation sites is 2. The second kappa shape index (κ2) is 6.81. The van der Waals surface area contributed by atoms with E-state index in [9.17, 15) is 8.42 Å². The maximum Gasteiger partial charge on any atom is 0.242 e. The van der Waals surface area contributed by atoms with Crippen LogP contribution in [0.5, 0.6) is 11.5 Å². The van der Waals surface area contributed by atoms with Gasteiger partial charge in [0.1, 0.15) is 11.5 Å². The highest BCUT2D eigenvalue weighted by molar-refractivity contribution is 9.11. The topological polar surface area (TPSA) is 55.4 Å². The van der Waals surface area contributed by atoms with Gasteiger partial charge in [-0.1, -0.05) is 52.3 Å². The summed E-state index contributed by atoms with van der Waals surface area (Å²) in [5, 5.41) is 0. The van der Waals surface area contributed by atoms with Crippen LogP contribution in [-0.4, -0.2) is 8.42 Å².